The summed E-state index contributed by atoms with van der Waals surface area (Å²) in [5.74, 6) is 1.38. The molecule has 2 aromatic carbocycles. The summed E-state index contributed by atoms with van der Waals surface area (Å²) in [6, 6.07) is 14.8. The van der Waals surface area contributed by atoms with Crippen LogP contribution in [0.25, 0.3) is 0 Å². The summed E-state index contributed by atoms with van der Waals surface area (Å²) in [4.78, 5) is 0. The van der Waals surface area contributed by atoms with E-state index in [2.05, 4.69) is 75.2 Å². The van der Waals surface area contributed by atoms with E-state index in [0.29, 0.717) is 5.92 Å². The van der Waals surface area contributed by atoms with E-state index in [0.717, 1.165) is 22.0 Å². The summed E-state index contributed by atoms with van der Waals surface area (Å²) < 4.78 is 6.65. The topological polar surface area (TPSA) is 9.23 Å². The molecule has 106 valence electrons. The van der Waals surface area contributed by atoms with Gasteiger partial charge in [-0.3, -0.25) is 0 Å². The van der Waals surface area contributed by atoms with Crippen molar-refractivity contribution < 1.29 is 4.74 Å². The molecule has 0 aliphatic carbocycles. The van der Waals surface area contributed by atoms with Gasteiger partial charge in [0.05, 0.1) is 7.11 Å². The Morgan fingerprint density at radius 1 is 1.15 bits per heavy atom. The van der Waals surface area contributed by atoms with E-state index < -0.39 is 0 Å². The quantitative estimate of drug-likeness (QED) is 0.606. The molecule has 0 radical (unpaired) electrons. The Bertz CT molecular complexity index is 581. The zero-order chi connectivity index (χ0) is 14.5. The van der Waals surface area contributed by atoms with Crippen LogP contribution in [0.3, 0.4) is 0 Å². The maximum absolute atomic E-state index is 5.48. The molecule has 0 saturated carbocycles. The lowest BCUT2D eigenvalue weighted by Crippen LogP contribution is -2.06. The molecule has 0 aliphatic rings. The Kier molecular flexibility index (Phi) is 5.67. The molecule has 0 amide bonds. The molecule has 1 atom stereocenters. The molecule has 2 rings (SSSR count). The van der Waals surface area contributed by atoms with Gasteiger partial charge in [-0.1, -0.05) is 67.8 Å². The first-order chi connectivity index (χ1) is 9.65. The van der Waals surface area contributed by atoms with Crippen LogP contribution in [-0.2, 0) is 6.42 Å². The van der Waals surface area contributed by atoms with Crippen LogP contribution < -0.4 is 4.74 Å². The second-order valence-electron chi connectivity index (χ2n) is 4.89. The van der Waals surface area contributed by atoms with Gasteiger partial charge in [0, 0.05) is 9.80 Å². The van der Waals surface area contributed by atoms with Crippen LogP contribution in [0.1, 0.15) is 22.6 Å². The van der Waals surface area contributed by atoms with Crippen LogP contribution >= 0.6 is 31.9 Å². The number of alkyl halides is 1. The van der Waals surface area contributed by atoms with Gasteiger partial charge in [0.25, 0.3) is 0 Å². The van der Waals surface area contributed by atoms with Crippen molar-refractivity contribution in [2.45, 2.75) is 19.3 Å². The van der Waals surface area contributed by atoms with E-state index in [1.54, 1.807) is 7.11 Å². The van der Waals surface area contributed by atoms with Crippen molar-refractivity contribution in [3.8, 4) is 5.75 Å². The van der Waals surface area contributed by atoms with Gasteiger partial charge in [0.15, 0.2) is 0 Å². The highest BCUT2D eigenvalue weighted by molar-refractivity contribution is 9.10. The summed E-state index contributed by atoms with van der Waals surface area (Å²) in [6.45, 7) is 2.12. The highest BCUT2D eigenvalue weighted by Crippen LogP contribution is 2.32. The molecule has 2 aromatic rings. The van der Waals surface area contributed by atoms with E-state index in [1.807, 2.05) is 6.07 Å². The molecule has 0 aromatic heterocycles. The lowest BCUT2D eigenvalue weighted by atomic mass is 9.92. The van der Waals surface area contributed by atoms with Gasteiger partial charge in [-0.25, -0.2) is 0 Å². The van der Waals surface area contributed by atoms with Crippen molar-refractivity contribution in [1.82, 2.24) is 0 Å². The normalized spacial score (nSPS) is 12.2. The summed E-state index contributed by atoms with van der Waals surface area (Å²) in [7, 11) is 1.73. The predicted molar refractivity (Wildman–Crippen MR) is 92.1 cm³/mol. The van der Waals surface area contributed by atoms with Crippen LogP contribution in [0, 0.1) is 6.92 Å². The van der Waals surface area contributed by atoms with Crippen molar-refractivity contribution in [3.05, 3.63) is 63.6 Å². The van der Waals surface area contributed by atoms with E-state index in [-0.39, 0.29) is 0 Å². The number of benzene rings is 2. The molecule has 0 fully saturated rings. The minimum atomic E-state index is 0.418. The van der Waals surface area contributed by atoms with Crippen molar-refractivity contribution in [2.24, 2.45) is 0 Å². The van der Waals surface area contributed by atoms with Crippen LogP contribution in [0.4, 0.5) is 0 Å². The molecule has 0 saturated heterocycles. The van der Waals surface area contributed by atoms with E-state index >= 15 is 0 Å². The standard InChI is InChI=1S/C17H18Br2O/c1-12-7-8-17(20-2)13(9-12)10-14(11-18)15-5-3-4-6-16(15)19/h3-9,14H,10-11H2,1-2H3. The summed E-state index contributed by atoms with van der Waals surface area (Å²) in [6.07, 6.45) is 0.957. The SMILES string of the molecule is COc1ccc(C)cc1CC(CBr)c1ccccc1Br. The third-order valence-corrected chi connectivity index (χ3v) is 4.94. The zero-order valence-electron chi connectivity index (χ0n) is 11.7. The first kappa shape index (κ1) is 15.6. The Hall–Kier alpha value is -0.800. The van der Waals surface area contributed by atoms with Crippen molar-refractivity contribution in [1.29, 1.82) is 0 Å². The van der Waals surface area contributed by atoms with Crippen LogP contribution in [0.2, 0.25) is 0 Å². The first-order valence-electron chi connectivity index (χ1n) is 6.59. The fourth-order valence-electron chi connectivity index (χ4n) is 2.39. The van der Waals surface area contributed by atoms with Crippen molar-refractivity contribution in [2.75, 3.05) is 12.4 Å². The molecule has 0 spiro atoms. The molecule has 20 heavy (non-hydrogen) atoms. The predicted octanol–water partition coefficient (Wildman–Crippen LogP) is 5.49. The number of halogens is 2. The minimum Gasteiger partial charge on any atom is -0.496 e. The van der Waals surface area contributed by atoms with Crippen LogP contribution in [0.15, 0.2) is 46.9 Å². The Balaban J connectivity index is 2.31. The smallest absolute Gasteiger partial charge is 0.122 e. The lowest BCUT2D eigenvalue weighted by Gasteiger charge is -2.18. The maximum atomic E-state index is 5.48. The number of ether oxygens (including phenoxy) is 1. The Labute approximate surface area is 137 Å². The number of hydrogen-bond acceptors (Lipinski definition) is 1. The highest BCUT2D eigenvalue weighted by Gasteiger charge is 2.16. The van der Waals surface area contributed by atoms with Crippen molar-refractivity contribution in [3.63, 3.8) is 0 Å². The summed E-state index contributed by atoms with van der Waals surface area (Å²) >= 11 is 7.30. The van der Waals surface area contributed by atoms with Gasteiger partial charge in [0.1, 0.15) is 5.75 Å². The van der Waals surface area contributed by atoms with Gasteiger partial charge in [-0.05, 0) is 42.5 Å². The average molecular weight is 398 g/mol. The minimum absolute atomic E-state index is 0.418. The molecule has 0 N–H and O–H groups in total. The molecule has 1 unspecified atom stereocenters. The summed E-state index contributed by atoms with van der Waals surface area (Å²) in [5, 5.41) is 0.923. The van der Waals surface area contributed by atoms with E-state index in [9.17, 15) is 0 Å². The van der Waals surface area contributed by atoms with Crippen LogP contribution in [0.5, 0.6) is 5.75 Å². The van der Waals surface area contributed by atoms with Gasteiger partial charge in [0.2, 0.25) is 0 Å². The monoisotopic (exact) mass is 396 g/mol. The van der Waals surface area contributed by atoms with Crippen molar-refractivity contribution >= 4 is 31.9 Å². The molecule has 0 aliphatic heterocycles. The third kappa shape index (κ3) is 3.64. The molecule has 0 bridgehead atoms. The summed E-state index contributed by atoms with van der Waals surface area (Å²) in [5.41, 5.74) is 3.85. The Morgan fingerprint density at radius 2 is 1.90 bits per heavy atom. The Morgan fingerprint density at radius 3 is 2.55 bits per heavy atom. The lowest BCUT2D eigenvalue weighted by molar-refractivity contribution is 0.408. The molecular weight excluding hydrogens is 380 g/mol. The molecule has 3 heteroatoms. The molecular formula is C17H18Br2O. The zero-order valence-corrected chi connectivity index (χ0v) is 14.9. The fourth-order valence-corrected chi connectivity index (χ4v) is 3.57. The molecule has 0 heterocycles. The van der Waals surface area contributed by atoms with Gasteiger partial charge >= 0.3 is 0 Å². The molecule has 1 nitrogen and oxygen atoms in total. The highest BCUT2D eigenvalue weighted by atomic mass is 79.9. The van der Waals surface area contributed by atoms with Gasteiger partial charge in [-0.15, -0.1) is 0 Å². The van der Waals surface area contributed by atoms with E-state index in [1.165, 1.54) is 16.7 Å². The third-order valence-electron chi connectivity index (χ3n) is 3.43. The van der Waals surface area contributed by atoms with Gasteiger partial charge in [-0.2, -0.15) is 0 Å². The number of aryl methyl sites for hydroxylation is 1. The average Bonchev–Trinajstić information content (AvgIpc) is 2.46. The van der Waals surface area contributed by atoms with Crippen LogP contribution in [-0.4, -0.2) is 12.4 Å². The second kappa shape index (κ2) is 7.28. The van der Waals surface area contributed by atoms with E-state index in [4.69, 9.17) is 4.74 Å². The van der Waals surface area contributed by atoms with Gasteiger partial charge < -0.3 is 4.74 Å². The number of methoxy groups -OCH3 is 1. The number of hydrogen-bond donors (Lipinski definition) is 0. The largest absolute Gasteiger partial charge is 0.496 e. The number of rotatable bonds is 5. The fraction of sp³-hybridized carbons (Fsp3) is 0.294. The maximum Gasteiger partial charge on any atom is 0.122 e. The first-order valence-corrected chi connectivity index (χ1v) is 8.51. The second-order valence-corrected chi connectivity index (χ2v) is 6.39.